The number of likely N-dealkylation sites (N-methyl/N-ethyl adjacent to an activating group) is 2. The average Bonchev–Trinajstić information content (AvgIpc) is 3.60. The fourth-order valence-electron chi connectivity index (χ4n) is 7.46. The molecule has 54 heavy (non-hydrogen) atoms. The van der Waals surface area contributed by atoms with Gasteiger partial charge in [-0.1, -0.05) is 84.2 Å². The molecular formula is C39H63Cl2N5O8. The van der Waals surface area contributed by atoms with E-state index < -0.39 is 60.2 Å². The third-order valence-electron chi connectivity index (χ3n) is 10.8. The van der Waals surface area contributed by atoms with Crippen LogP contribution in [0.2, 0.25) is 10.0 Å². The van der Waals surface area contributed by atoms with E-state index in [0.717, 1.165) is 0 Å². The van der Waals surface area contributed by atoms with Gasteiger partial charge in [0.05, 0.1) is 42.7 Å². The Hall–Kier alpha value is -2.97. The summed E-state index contributed by atoms with van der Waals surface area (Å²) in [6.07, 6.45) is 0.468. The molecule has 13 nitrogen and oxygen atoms in total. The van der Waals surface area contributed by atoms with Crippen LogP contribution in [0.5, 0.6) is 0 Å². The normalized spacial score (nSPS) is 19.0. The number of carbonyl (C=O) groups is 5. The lowest BCUT2D eigenvalue weighted by Gasteiger charge is -2.41. The standard InChI is InChI=1S/C39H63Cl2N5O8/c1-12-23(6)34(45(9)38(50)33(22(4)5)44-37(49)32(42-8)21(2)3)30(53-10)20-31(47)46-17-13-14-29(46)35(54-11)24(7)36(48)43-28(39(51)52)18-25-15-16-26(40)19-27(25)41/h15-16,19,21-24,28-30,32-35,42H,12-14,17-18,20H2,1-11H3,(H,43,48)(H,44,49)(H,51,52)/t23-,24+,28-,29-,30+,32-,33-,34-,35+/m0/s1. The number of carboxylic acid groups (broad SMARTS) is 1. The number of hydrogen-bond donors (Lipinski definition) is 4. The van der Waals surface area contributed by atoms with Gasteiger partial charge >= 0.3 is 5.97 Å². The summed E-state index contributed by atoms with van der Waals surface area (Å²) in [5.74, 6) is -3.56. The number of hydrogen-bond acceptors (Lipinski definition) is 8. The minimum Gasteiger partial charge on any atom is -0.480 e. The molecule has 0 unspecified atom stereocenters. The van der Waals surface area contributed by atoms with Crippen molar-refractivity contribution in [3.05, 3.63) is 33.8 Å². The molecule has 0 bridgehead atoms. The highest BCUT2D eigenvalue weighted by Gasteiger charge is 2.43. The molecule has 1 aromatic carbocycles. The second-order valence-corrected chi connectivity index (χ2v) is 16.0. The topological polar surface area (TPSA) is 167 Å². The number of ether oxygens (including phenoxy) is 2. The number of carboxylic acids is 1. The maximum atomic E-state index is 14.2. The first kappa shape index (κ1) is 47.2. The summed E-state index contributed by atoms with van der Waals surface area (Å²) in [6.45, 7) is 13.7. The number of aliphatic carboxylic acids is 1. The van der Waals surface area contributed by atoms with E-state index in [1.165, 1.54) is 20.3 Å². The number of rotatable bonds is 21. The maximum absolute atomic E-state index is 14.2. The summed E-state index contributed by atoms with van der Waals surface area (Å²) in [6, 6.07) is 1.26. The van der Waals surface area contributed by atoms with E-state index >= 15 is 0 Å². The van der Waals surface area contributed by atoms with Crippen LogP contribution >= 0.6 is 23.2 Å². The molecule has 1 heterocycles. The van der Waals surface area contributed by atoms with Crippen molar-refractivity contribution >= 4 is 52.8 Å². The van der Waals surface area contributed by atoms with E-state index in [-0.39, 0.29) is 48.3 Å². The second-order valence-electron chi connectivity index (χ2n) is 15.2. The van der Waals surface area contributed by atoms with Gasteiger partial charge in [-0.15, -0.1) is 0 Å². The zero-order valence-electron chi connectivity index (χ0n) is 33.8. The van der Waals surface area contributed by atoms with Crippen LogP contribution in [-0.2, 0) is 39.9 Å². The first-order valence-corrected chi connectivity index (χ1v) is 19.7. The van der Waals surface area contributed by atoms with Crippen molar-refractivity contribution in [2.75, 3.05) is 34.9 Å². The summed E-state index contributed by atoms with van der Waals surface area (Å²) in [7, 11) is 6.40. The Morgan fingerprint density at radius 2 is 1.59 bits per heavy atom. The number of benzene rings is 1. The Morgan fingerprint density at radius 3 is 2.09 bits per heavy atom. The quantitative estimate of drug-likeness (QED) is 0.141. The highest BCUT2D eigenvalue weighted by Crippen LogP contribution is 2.30. The van der Waals surface area contributed by atoms with Gasteiger partial charge in [-0.3, -0.25) is 19.2 Å². The van der Waals surface area contributed by atoms with Crippen LogP contribution in [0.25, 0.3) is 0 Å². The van der Waals surface area contributed by atoms with Gasteiger partial charge in [0.25, 0.3) is 0 Å². The molecule has 0 radical (unpaired) electrons. The second kappa shape index (κ2) is 21.9. The molecule has 1 aliphatic heterocycles. The van der Waals surface area contributed by atoms with Crippen LogP contribution in [0.4, 0.5) is 0 Å². The van der Waals surface area contributed by atoms with Gasteiger partial charge in [-0.2, -0.15) is 0 Å². The van der Waals surface area contributed by atoms with Crippen molar-refractivity contribution in [2.24, 2.45) is 23.7 Å². The minimum absolute atomic E-state index is 0.0123. The van der Waals surface area contributed by atoms with E-state index in [2.05, 4.69) is 16.0 Å². The SMILES string of the molecule is CC[C@H](C)[C@@H]([C@@H](CC(=O)N1CCC[C@H]1[C@H](OC)[C@@H](C)C(=O)N[C@@H](Cc1ccc(Cl)cc1Cl)C(=O)O)OC)N(C)C(=O)[C@@H](NC(=O)[C@@H](NC)C(C)C)C(C)C. The molecule has 15 heteroatoms. The van der Waals surface area contributed by atoms with Crippen molar-refractivity contribution in [3.8, 4) is 0 Å². The lowest BCUT2D eigenvalue weighted by Crippen LogP contribution is -2.59. The molecule has 9 atom stereocenters. The predicted octanol–water partition coefficient (Wildman–Crippen LogP) is 4.41. The highest BCUT2D eigenvalue weighted by atomic mass is 35.5. The number of nitrogens with one attached hydrogen (secondary N) is 3. The van der Waals surface area contributed by atoms with Crippen molar-refractivity contribution in [1.29, 1.82) is 0 Å². The van der Waals surface area contributed by atoms with Crippen LogP contribution in [0.15, 0.2) is 18.2 Å². The van der Waals surface area contributed by atoms with Gasteiger partial charge in [0, 0.05) is 44.3 Å². The van der Waals surface area contributed by atoms with Crippen LogP contribution < -0.4 is 16.0 Å². The molecule has 1 fully saturated rings. The maximum Gasteiger partial charge on any atom is 0.326 e. The van der Waals surface area contributed by atoms with E-state index in [0.29, 0.717) is 41.4 Å². The Morgan fingerprint density at radius 1 is 0.963 bits per heavy atom. The number of halogens is 2. The molecule has 0 saturated carbocycles. The Kier molecular flexibility index (Phi) is 19.2. The number of likely N-dealkylation sites (tertiary alicyclic amines) is 1. The van der Waals surface area contributed by atoms with E-state index in [9.17, 15) is 29.1 Å². The smallest absolute Gasteiger partial charge is 0.326 e. The van der Waals surface area contributed by atoms with Crippen LogP contribution in [-0.4, -0.2) is 122 Å². The number of carbonyl (C=O) groups excluding carboxylic acids is 4. The van der Waals surface area contributed by atoms with Crippen molar-refractivity contribution in [1.82, 2.24) is 25.8 Å². The zero-order valence-corrected chi connectivity index (χ0v) is 35.3. The largest absolute Gasteiger partial charge is 0.480 e. The van der Waals surface area contributed by atoms with Crippen LogP contribution in [0.1, 0.15) is 79.7 Å². The van der Waals surface area contributed by atoms with Crippen molar-refractivity contribution in [3.63, 3.8) is 0 Å². The average molecular weight is 801 g/mol. The molecule has 1 aromatic rings. The van der Waals surface area contributed by atoms with Gasteiger partial charge < -0.3 is 40.3 Å². The zero-order chi connectivity index (χ0) is 41.0. The molecule has 1 saturated heterocycles. The highest BCUT2D eigenvalue weighted by molar-refractivity contribution is 6.35. The van der Waals surface area contributed by atoms with Crippen LogP contribution in [0, 0.1) is 23.7 Å². The molecule has 0 aromatic heterocycles. The summed E-state index contributed by atoms with van der Waals surface area (Å²) in [5.41, 5.74) is 0.519. The summed E-state index contributed by atoms with van der Waals surface area (Å²) >= 11 is 12.3. The molecule has 0 aliphatic carbocycles. The summed E-state index contributed by atoms with van der Waals surface area (Å²) in [4.78, 5) is 70.5. The number of methoxy groups -OCH3 is 2. The molecule has 0 spiro atoms. The fraction of sp³-hybridized carbons (Fsp3) is 0.718. The molecule has 4 N–H and O–H groups in total. The lowest BCUT2D eigenvalue weighted by molar-refractivity contribution is -0.148. The minimum atomic E-state index is -1.26. The summed E-state index contributed by atoms with van der Waals surface area (Å²) < 4.78 is 11.8. The molecule has 306 valence electrons. The Labute approximate surface area is 331 Å². The van der Waals surface area contributed by atoms with Gasteiger partial charge in [0.2, 0.25) is 23.6 Å². The number of amides is 4. The third kappa shape index (κ3) is 12.3. The third-order valence-corrected chi connectivity index (χ3v) is 11.4. The molecular weight excluding hydrogens is 737 g/mol. The van der Waals surface area contributed by atoms with Crippen LogP contribution in [0.3, 0.4) is 0 Å². The molecule has 4 amide bonds. The van der Waals surface area contributed by atoms with Gasteiger partial charge in [0.15, 0.2) is 0 Å². The number of nitrogens with zero attached hydrogens (tertiary/aromatic N) is 2. The monoisotopic (exact) mass is 799 g/mol. The van der Waals surface area contributed by atoms with Crippen molar-refractivity contribution in [2.45, 2.75) is 123 Å². The van der Waals surface area contributed by atoms with Gasteiger partial charge in [-0.05, 0) is 55.3 Å². The fourth-order valence-corrected chi connectivity index (χ4v) is 7.95. The predicted molar refractivity (Wildman–Crippen MR) is 210 cm³/mol. The lowest BCUT2D eigenvalue weighted by atomic mass is 9.89. The molecule has 1 aliphatic rings. The van der Waals surface area contributed by atoms with Gasteiger partial charge in [-0.25, -0.2) is 4.79 Å². The first-order chi connectivity index (χ1) is 25.3. The Bertz CT molecular complexity index is 1430. The van der Waals surface area contributed by atoms with E-state index in [1.54, 1.807) is 43.0 Å². The summed E-state index contributed by atoms with van der Waals surface area (Å²) in [5, 5.41) is 19.3. The molecule has 2 rings (SSSR count). The van der Waals surface area contributed by atoms with E-state index in [1.807, 2.05) is 41.5 Å². The van der Waals surface area contributed by atoms with Gasteiger partial charge in [0.1, 0.15) is 12.1 Å². The first-order valence-electron chi connectivity index (χ1n) is 18.9. The van der Waals surface area contributed by atoms with E-state index in [4.69, 9.17) is 32.7 Å². The Balaban J connectivity index is 2.28. The van der Waals surface area contributed by atoms with Crippen molar-refractivity contribution < 1.29 is 38.6 Å².